The van der Waals surface area contributed by atoms with Crippen LogP contribution in [0.2, 0.25) is 9.88 Å². The van der Waals surface area contributed by atoms with E-state index in [1.165, 1.54) is 6.07 Å². The van der Waals surface area contributed by atoms with Crippen molar-refractivity contribution in [2.24, 2.45) is 5.90 Å². The third kappa shape index (κ3) is 10.9. The molecule has 0 saturated heterocycles. The molecule has 2 N–H and O–H groups in total. The normalized spacial score (nSPS) is 9.75. The zero-order valence-electron chi connectivity index (χ0n) is 15.5. The molecule has 0 aliphatic rings. The van der Waals surface area contributed by atoms with E-state index in [4.69, 9.17) is 10.6 Å². The number of ether oxygens (including phenoxy) is 1. The SMILES string of the molecule is NOc1ccc(COc2ccc(C[S-](=O)=O)cc2C[S-](=O)=O)cc1.[CH3][Sn+].[CH3][Sn+]. The standard InChI is InChI=1S/C15H15NO6S2.2CH3.2Sn/c16-22-14-4-1-11(2-5-14)8-21-15-6-3-12(9-23(17)18)7-13(15)10-24(19)20;;;;/h1-7H,8-10,16H2;2*1H3;;/q-2;;;2*+1. The summed E-state index contributed by atoms with van der Waals surface area (Å²) >= 11 is 3.10. The molecule has 28 heavy (non-hydrogen) atoms. The molecule has 0 fully saturated rings. The molecule has 0 saturated carbocycles. The molecule has 2 rings (SSSR count). The molecule has 0 heterocycles. The van der Waals surface area contributed by atoms with Gasteiger partial charge in [0.2, 0.25) is 0 Å². The summed E-state index contributed by atoms with van der Waals surface area (Å²) in [7, 11) is -4.56. The molecule has 150 valence electrons. The zero-order chi connectivity index (χ0) is 21.5. The first-order valence-corrected chi connectivity index (χ1v) is 16.0. The minimum atomic E-state index is -2.31. The Kier molecular flexibility index (Phi) is 16.0. The fourth-order valence-corrected chi connectivity index (χ4v) is 3.00. The van der Waals surface area contributed by atoms with Crippen molar-refractivity contribution >= 4 is 66.5 Å². The molecule has 0 aliphatic heterocycles. The number of nitrogens with two attached hydrogens (primary N) is 1. The molecular weight excluding hydrogens is 616 g/mol. The van der Waals surface area contributed by atoms with Crippen LogP contribution in [0.3, 0.4) is 0 Å². The van der Waals surface area contributed by atoms with Crippen LogP contribution < -0.4 is 15.5 Å². The first kappa shape index (κ1) is 27.5. The Hall–Kier alpha value is -0.503. The Labute approximate surface area is 196 Å². The van der Waals surface area contributed by atoms with Gasteiger partial charge in [0.1, 0.15) is 18.1 Å². The molecule has 0 atom stereocenters. The number of benzene rings is 2. The first-order valence-electron chi connectivity index (χ1n) is 7.80. The van der Waals surface area contributed by atoms with E-state index in [-0.39, 0.29) is 18.1 Å². The van der Waals surface area contributed by atoms with Gasteiger partial charge >= 0.3 is 54.9 Å². The van der Waals surface area contributed by atoms with Gasteiger partial charge in [0.05, 0.1) is 0 Å². The summed E-state index contributed by atoms with van der Waals surface area (Å²) in [6.07, 6.45) is 0. The average molecular weight is 637 g/mol. The average Bonchev–Trinajstić information content (AvgIpc) is 2.70. The number of rotatable bonds is 8. The van der Waals surface area contributed by atoms with E-state index in [9.17, 15) is 16.8 Å². The van der Waals surface area contributed by atoms with Crippen molar-refractivity contribution in [3.63, 3.8) is 0 Å². The summed E-state index contributed by atoms with van der Waals surface area (Å²) in [6.45, 7) is 0.218. The molecule has 0 aromatic heterocycles. The van der Waals surface area contributed by atoms with E-state index in [0.29, 0.717) is 22.6 Å². The van der Waals surface area contributed by atoms with Crippen LogP contribution in [0.4, 0.5) is 0 Å². The van der Waals surface area contributed by atoms with E-state index in [2.05, 4.69) is 14.7 Å². The van der Waals surface area contributed by atoms with Crippen LogP contribution in [0.5, 0.6) is 11.5 Å². The summed E-state index contributed by atoms with van der Waals surface area (Å²) in [5.41, 5.74) is 1.75. The van der Waals surface area contributed by atoms with Crippen molar-refractivity contribution in [3.8, 4) is 11.5 Å². The molecule has 0 unspecified atom stereocenters. The van der Waals surface area contributed by atoms with E-state index in [1.807, 2.05) is 0 Å². The van der Waals surface area contributed by atoms with Crippen molar-refractivity contribution in [1.29, 1.82) is 0 Å². The van der Waals surface area contributed by atoms with Crippen molar-refractivity contribution < 1.29 is 26.4 Å². The van der Waals surface area contributed by atoms with Gasteiger partial charge in [-0.1, -0.05) is 51.2 Å². The topological polar surface area (TPSA) is 113 Å². The Bertz CT molecular complexity index is 839. The predicted octanol–water partition coefficient (Wildman–Crippen LogP) is 2.54. The molecule has 2 aromatic carbocycles. The van der Waals surface area contributed by atoms with Crippen molar-refractivity contribution in [1.82, 2.24) is 0 Å². The van der Waals surface area contributed by atoms with Gasteiger partial charge in [-0.3, -0.25) is 0 Å². The molecule has 0 amide bonds. The predicted molar refractivity (Wildman–Crippen MR) is 110 cm³/mol. The number of hydrogen-bond acceptors (Lipinski definition) is 9. The Morgan fingerprint density at radius 1 is 0.821 bits per heavy atom. The molecule has 0 aliphatic carbocycles. The second-order valence-corrected chi connectivity index (χ2v) is 6.68. The van der Waals surface area contributed by atoms with Gasteiger partial charge in [0, 0.05) is 0 Å². The molecule has 11 heteroatoms. The van der Waals surface area contributed by atoms with Gasteiger partial charge in [0.15, 0.2) is 0 Å². The third-order valence-corrected chi connectivity index (χ3v) is 4.25. The summed E-state index contributed by atoms with van der Waals surface area (Å²) in [5.74, 6) is 5.51. The van der Waals surface area contributed by atoms with E-state index < -0.39 is 21.4 Å². The second-order valence-electron chi connectivity index (χ2n) is 4.89. The van der Waals surface area contributed by atoms with Gasteiger partial charge in [-0.05, 0) is 40.8 Å². The Morgan fingerprint density at radius 3 is 1.86 bits per heavy atom. The van der Waals surface area contributed by atoms with Crippen LogP contribution in [-0.2, 0) is 56.4 Å². The quantitative estimate of drug-likeness (QED) is 0.269. The van der Waals surface area contributed by atoms with Gasteiger partial charge in [-0.25, -0.2) is 0 Å². The molecule has 4 radical (unpaired) electrons. The first-order chi connectivity index (χ1) is 13.5. The summed E-state index contributed by atoms with van der Waals surface area (Å²) < 4.78 is 49.2. The third-order valence-electron chi connectivity index (χ3n) is 3.14. The van der Waals surface area contributed by atoms with Crippen LogP contribution in [0.15, 0.2) is 42.5 Å². The fraction of sp³-hybridized carbons (Fsp3) is 0.294. The van der Waals surface area contributed by atoms with Crippen molar-refractivity contribution in [3.05, 3.63) is 59.2 Å². The van der Waals surface area contributed by atoms with Crippen LogP contribution >= 0.6 is 0 Å². The zero-order valence-corrected chi connectivity index (χ0v) is 22.8. The van der Waals surface area contributed by atoms with Gasteiger partial charge in [-0.15, -0.1) is 0 Å². The van der Waals surface area contributed by atoms with Crippen LogP contribution in [-0.4, -0.2) is 45.0 Å². The monoisotopic (exact) mass is 639 g/mol. The summed E-state index contributed by atoms with van der Waals surface area (Å²) in [4.78, 5) is 8.76. The van der Waals surface area contributed by atoms with Gasteiger partial charge in [0.25, 0.3) is 0 Å². The van der Waals surface area contributed by atoms with Gasteiger partial charge in [-0.2, -0.15) is 5.90 Å². The maximum atomic E-state index is 11.0. The fourth-order valence-electron chi connectivity index (χ4n) is 2.06. The maximum absolute atomic E-state index is 11.0. The van der Waals surface area contributed by atoms with E-state index in [0.717, 1.165) is 5.56 Å². The van der Waals surface area contributed by atoms with Crippen LogP contribution in [0, 0.1) is 0 Å². The second kappa shape index (κ2) is 16.3. The minimum absolute atomic E-state index is 0.181. The van der Waals surface area contributed by atoms with E-state index >= 15 is 0 Å². The Morgan fingerprint density at radius 2 is 1.36 bits per heavy atom. The summed E-state index contributed by atoms with van der Waals surface area (Å²) in [6, 6.07) is 11.6. The molecule has 0 spiro atoms. The molecule has 7 nitrogen and oxygen atoms in total. The molecule has 2 aromatic rings. The summed E-state index contributed by atoms with van der Waals surface area (Å²) in [5, 5.41) is 0. The van der Waals surface area contributed by atoms with Crippen LogP contribution in [0.1, 0.15) is 16.7 Å². The van der Waals surface area contributed by atoms with Crippen molar-refractivity contribution in [2.45, 2.75) is 28.0 Å². The van der Waals surface area contributed by atoms with Crippen molar-refractivity contribution in [2.75, 3.05) is 0 Å². The Balaban J connectivity index is 0.00000171. The molecule has 0 bridgehead atoms. The number of hydrogen-bond donors (Lipinski definition) is 1. The van der Waals surface area contributed by atoms with Gasteiger partial charge < -0.3 is 26.4 Å². The van der Waals surface area contributed by atoms with Crippen LogP contribution in [0.25, 0.3) is 0 Å². The van der Waals surface area contributed by atoms with E-state index in [1.54, 1.807) is 81.4 Å². The molecular formula is C17H21NO6S2Sn2.